The summed E-state index contributed by atoms with van der Waals surface area (Å²) in [7, 11) is 0. The van der Waals surface area contributed by atoms with Crippen LogP contribution in [0.4, 0.5) is 0 Å². The summed E-state index contributed by atoms with van der Waals surface area (Å²) in [6.07, 6.45) is 5.02. The number of aliphatic imine (C=N–C) groups is 1. The molecule has 0 saturated carbocycles. The Bertz CT molecular complexity index is 436. The van der Waals surface area contributed by atoms with Gasteiger partial charge in [0.15, 0.2) is 0 Å². The van der Waals surface area contributed by atoms with E-state index in [9.17, 15) is 9.59 Å². The molecule has 0 radical (unpaired) electrons. The van der Waals surface area contributed by atoms with E-state index in [0.29, 0.717) is 28.5 Å². The number of ether oxygens (including phenoxy) is 1. The third-order valence-electron chi connectivity index (χ3n) is 2.14. The van der Waals surface area contributed by atoms with Crippen molar-refractivity contribution in [3.05, 3.63) is 22.6 Å². The molecule has 0 atom stereocenters. The van der Waals surface area contributed by atoms with Gasteiger partial charge < -0.3 is 4.74 Å². The van der Waals surface area contributed by atoms with Gasteiger partial charge in [0, 0.05) is 0 Å². The van der Waals surface area contributed by atoms with E-state index in [0.717, 1.165) is 6.42 Å². The Hall–Kier alpha value is -1.36. The van der Waals surface area contributed by atoms with E-state index in [2.05, 4.69) is 4.99 Å². The van der Waals surface area contributed by atoms with Crippen LogP contribution in [0.1, 0.15) is 33.6 Å². The molecule has 5 heteroatoms. The van der Waals surface area contributed by atoms with Crippen molar-refractivity contribution in [2.75, 3.05) is 6.61 Å². The number of hydrogen-bond acceptors (Lipinski definition) is 4. The standard InChI is InChI=1S/C13H17NO3S/c1-4-7-9(13(16)17-6-3)12-14-11(15)10(18-12)8-5-2/h7-8H,4-6H2,1-3H3/b9-7-,10-8-. The summed E-state index contributed by atoms with van der Waals surface area (Å²) < 4.78 is 4.97. The summed E-state index contributed by atoms with van der Waals surface area (Å²) in [6, 6.07) is 0. The van der Waals surface area contributed by atoms with Crippen LogP contribution in [0.3, 0.4) is 0 Å². The molecule has 0 aromatic heterocycles. The van der Waals surface area contributed by atoms with Crippen LogP contribution < -0.4 is 0 Å². The molecule has 0 N–H and O–H groups in total. The van der Waals surface area contributed by atoms with E-state index in [4.69, 9.17) is 4.74 Å². The molecule has 98 valence electrons. The monoisotopic (exact) mass is 267 g/mol. The topological polar surface area (TPSA) is 55.7 Å². The van der Waals surface area contributed by atoms with Crippen LogP contribution in [0.2, 0.25) is 0 Å². The Morgan fingerprint density at radius 2 is 2.06 bits per heavy atom. The SMILES string of the molecule is CC/C=C1\SC(/C(=C/CC)C(=O)OCC)=NC1=O. The van der Waals surface area contributed by atoms with Gasteiger partial charge in [-0.1, -0.05) is 37.8 Å². The normalized spacial score (nSPS) is 18.2. The smallest absolute Gasteiger partial charge is 0.340 e. The first-order valence-electron chi connectivity index (χ1n) is 6.02. The van der Waals surface area contributed by atoms with Crippen molar-refractivity contribution < 1.29 is 14.3 Å². The minimum absolute atomic E-state index is 0.275. The molecule has 1 amide bonds. The van der Waals surface area contributed by atoms with Crippen LogP contribution in [0.5, 0.6) is 0 Å². The summed E-state index contributed by atoms with van der Waals surface area (Å²) in [4.78, 5) is 27.9. The summed E-state index contributed by atoms with van der Waals surface area (Å²) in [5.41, 5.74) is 0.386. The fourth-order valence-electron chi connectivity index (χ4n) is 1.42. The maximum Gasteiger partial charge on any atom is 0.340 e. The molecule has 0 unspecified atom stereocenters. The third kappa shape index (κ3) is 3.57. The highest BCUT2D eigenvalue weighted by molar-refractivity contribution is 8.19. The molecule has 0 bridgehead atoms. The molecule has 1 heterocycles. The van der Waals surface area contributed by atoms with Crippen LogP contribution in [0, 0.1) is 0 Å². The van der Waals surface area contributed by atoms with E-state index in [1.807, 2.05) is 19.9 Å². The highest BCUT2D eigenvalue weighted by Gasteiger charge is 2.27. The number of esters is 1. The van der Waals surface area contributed by atoms with Crippen LogP contribution in [0.25, 0.3) is 0 Å². The second-order valence-corrected chi connectivity index (χ2v) is 4.58. The van der Waals surface area contributed by atoms with Crippen LogP contribution in [-0.2, 0) is 14.3 Å². The lowest BCUT2D eigenvalue weighted by atomic mass is 10.2. The van der Waals surface area contributed by atoms with Gasteiger partial charge in [-0.05, 0) is 19.8 Å². The minimum atomic E-state index is -0.420. The van der Waals surface area contributed by atoms with Gasteiger partial charge in [-0.2, -0.15) is 0 Å². The summed E-state index contributed by atoms with van der Waals surface area (Å²) in [5, 5.41) is 0.444. The lowest BCUT2D eigenvalue weighted by Crippen LogP contribution is -2.13. The Balaban J connectivity index is 2.94. The first kappa shape index (κ1) is 14.7. The van der Waals surface area contributed by atoms with E-state index in [1.54, 1.807) is 13.0 Å². The second kappa shape index (κ2) is 7.16. The molecule has 0 aromatic carbocycles. The van der Waals surface area contributed by atoms with Gasteiger partial charge in [0.2, 0.25) is 0 Å². The van der Waals surface area contributed by atoms with Gasteiger partial charge in [0.25, 0.3) is 5.91 Å². The van der Waals surface area contributed by atoms with Crippen molar-refractivity contribution in [1.82, 2.24) is 0 Å². The first-order valence-corrected chi connectivity index (χ1v) is 6.84. The zero-order valence-electron chi connectivity index (χ0n) is 10.9. The molecule has 1 aliphatic heterocycles. The van der Waals surface area contributed by atoms with Crippen molar-refractivity contribution in [2.45, 2.75) is 33.6 Å². The zero-order chi connectivity index (χ0) is 13.5. The molecular formula is C13H17NO3S. The zero-order valence-corrected chi connectivity index (χ0v) is 11.7. The molecule has 18 heavy (non-hydrogen) atoms. The number of thioether (sulfide) groups is 1. The minimum Gasteiger partial charge on any atom is -0.462 e. The number of allylic oxidation sites excluding steroid dienone is 2. The van der Waals surface area contributed by atoms with Gasteiger partial charge in [-0.25, -0.2) is 9.79 Å². The van der Waals surface area contributed by atoms with Gasteiger partial charge in [-0.3, -0.25) is 4.79 Å². The van der Waals surface area contributed by atoms with Gasteiger partial charge >= 0.3 is 5.97 Å². The number of rotatable bonds is 5. The number of amides is 1. The van der Waals surface area contributed by atoms with Gasteiger partial charge in [0.05, 0.1) is 17.1 Å². The average Bonchev–Trinajstić information content (AvgIpc) is 2.68. The van der Waals surface area contributed by atoms with Crippen molar-refractivity contribution in [3.8, 4) is 0 Å². The molecule has 0 fully saturated rings. The Kier molecular flexibility index (Phi) is 5.85. The molecule has 1 rings (SSSR count). The molecular weight excluding hydrogens is 250 g/mol. The lowest BCUT2D eigenvalue weighted by molar-refractivity contribution is -0.137. The summed E-state index contributed by atoms with van der Waals surface area (Å²) >= 11 is 1.24. The fraction of sp³-hybridized carbons (Fsp3) is 0.462. The predicted octanol–water partition coefficient (Wildman–Crippen LogP) is 2.85. The van der Waals surface area contributed by atoms with Crippen molar-refractivity contribution in [2.24, 2.45) is 4.99 Å². The van der Waals surface area contributed by atoms with Crippen LogP contribution >= 0.6 is 11.8 Å². The highest BCUT2D eigenvalue weighted by Crippen LogP contribution is 2.31. The van der Waals surface area contributed by atoms with Crippen molar-refractivity contribution in [1.29, 1.82) is 0 Å². The largest absolute Gasteiger partial charge is 0.462 e. The Morgan fingerprint density at radius 3 is 2.61 bits per heavy atom. The first-order chi connectivity index (χ1) is 8.63. The van der Waals surface area contributed by atoms with E-state index in [-0.39, 0.29) is 5.91 Å². The average molecular weight is 267 g/mol. The molecule has 0 aromatic rings. The third-order valence-corrected chi connectivity index (χ3v) is 3.21. The summed E-state index contributed by atoms with van der Waals surface area (Å²) in [6.45, 7) is 5.93. The summed E-state index contributed by atoms with van der Waals surface area (Å²) in [5.74, 6) is -0.695. The molecule has 4 nitrogen and oxygen atoms in total. The van der Waals surface area contributed by atoms with Crippen molar-refractivity contribution >= 4 is 28.7 Å². The molecule has 0 spiro atoms. The van der Waals surface area contributed by atoms with Crippen LogP contribution in [-0.4, -0.2) is 23.5 Å². The number of carbonyl (C=O) groups is 2. The Labute approximate surface area is 111 Å². The Morgan fingerprint density at radius 1 is 1.33 bits per heavy atom. The lowest BCUT2D eigenvalue weighted by Gasteiger charge is -2.05. The molecule has 0 aliphatic carbocycles. The van der Waals surface area contributed by atoms with Crippen LogP contribution in [0.15, 0.2) is 27.6 Å². The number of hydrogen-bond donors (Lipinski definition) is 0. The van der Waals surface area contributed by atoms with E-state index < -0.39 is 5.97 Å². The van der Waals surface area contributed by atoms with E-state index in [1.165, 1.54) is 11.8 Å². The highest BCUT2D eigenvalue weighted by atomic mass is 32.2. The van der Waals surface area contributed by atoms with Gasteiger partial charge in [0.1, 0.15) is 5.04 Å². The number of carbonyl (C=O) groups excluding carboxylic acids is 2. The number of nitrogens with zero attached hydrogens (tertiary/aromatic N) is 1. The predicted molar refractivity (Wildman–Crippen MR) is 73.4 cm³/mol. The second-order valence-electron chi connectivity index (χ2n) is 3.55. The maximum absolute atomic E-state index is 11.8. The molecule has 1 aliphatic rings. The van der Waals surface area contributed by atoms with Crippen molar-refractivity contribution in [3.63, 3.8) is 0 Å². The fourth-order valence-corrected chi connectivity index (χ4v) is 2.41. The maximum atomic E-state index is 11.8. The van der Waals surface area contributed by atoms with Gasteiger partial charge in [-0.15, -0.1) is 0 Å². The van der Waals surface area contributed by atoms with E-state index >= 15 is 0 Å². The molecule has 0 saturated heterocycles. The quantitative estimate of drug-likeness (QED) is 0.567.